The van der Waals surface area contributed by atoms with E-state index in [-0.39, 0.29) is 23.5 Å². The average molecular weight is 408 g/mol. The fraction of sp³-hybridized carbons (Fsp3) is 0.238. The second-order valence-corrected chi connectivity index (χ2v) is 8.00. The van der Waals surface area contributed by atoms with Crippen molar-refractivity contribution >= 4 is 29.1 Å². The minimum Gasteiger partial charge on any atom is -0.482 e. The lowest BCUT2D eigenvalue weighted by Gasteiger charge is -2.18. The first-order valence-electron chi connectivity index (χ1n) is 9.32. The fourth-order valence-electron chi connectivity index (χ4n) is 3.01. The summed E-state index contributed by atoms with van der Waals surface area (Å²) in [7, 11) is 0. The Balaban J connectivity index is 1.46. The third-order valence-corrected chi connectivity index (χ3v) is 5.61. The van der Waals surface area contributed by atoms with Crippen LogP contribution in [0.3, 0.4) is 0 Å². The first kappa shape index (κ1) is 19.2. The predicted molar refractivity (Wildman–Crippen MR) is 111 cm³/mol. The molecule has 7 nitrogen and oxygen atoms in total. The molecule has 1 aliphatic rings. The molecule has 0 radical (unpaired) electrons. The number of aromatic amines is 1. The SMILES string of the molecule is CCc1ccc(-c2nc(SC(C)C(=O)c3ccc4c(c3)NC(=O)CO4)n[nH]2)cc1. The number of carbonyl (C=O) groups excluding carboxylic acids is 2. The molecule has 148 valence electrons. The van der Waals surface area contributed by atoms with Gasteiger partial charge >= 0.3 is 0 Å². The molecule has 1 atom stereocenters. The first-order valence-corrected chi connectivity index (χ1v) is 10.2. The van der Waals surface area contributed by atoms with Gasteiger partial charge in [-0.3, -0.25) is 14.7 Å². The van der Waals surface area contributed by atoms with E-state index in [1.165, 1.54) is 17.3 Å². The Bertz CT molecular complexity index is 1060. The number of anilines is 1. The molecular weight excluding hydrogens is 388 g/mol. The van der Waals surface area contributed by atoms with Gasteiger partial charge in [-0.1, -0.05) is 43.0 Å². The van der Waals surface area contributed by atoms with E-state index < -0.39 is 0 Å². The van der Waals surface area contributed by atoms with Crippen LogP contribution >= 0.6 is 11.8 Å². The van der Waals surface area contributed by atoms with Crippen molar-refractivity contribution in [3.05, 3.63) is 53.6 Å². The zero-order valence-electron chi connectivity index (χ0n) is 16.1. The number of hydrogen-bond acceptors (Lipinski definition) is 6. The molecule has 2 N–H and O–H groups in total. The minimum atomic E-state index is -0.389. The number of Topliss-reactive ketones (excluding diaryl/α,β-unsaturated/α-hetero) is 1. The standard InChI is InChI=1S/C21H20N4O3S/c1-3-13-4-6-14(7-5-13)20-23-21(25-24-20)29-12(2)19(27)15-8-9-17-16(10-15)22-18(26)11-28-17/h4-10,12H,3,11H2,1-2H3,(H,22,26)(H,23,24,25). The maximum Gasteiger partial charge on any atom is 0.262 e. The summed E-state index contributed by atoms with van der Waals surface area (Å²) in [4.78, 5) is 28.8. The summed E-state index contributed by atoms with van der Waals surface area (Å²) in [6.45, 7) is 3.91. The molecule has 0 aliphatic carbocycles. The van der Waals surface area contributed by atoms with E-state index in [9.17, 15) is 9.59 Å². The Hall–Kier alpha value is -3.13. The van der Waals surface area contributed by atoms with E-state index in [0.717, 1.165) is 12.0 Å². The largest absolute Gasteiger partial charge is 0.482 e. The Morgan fingerprint density at radius 2 is 2.03 bits per heavy atom. The van der Waals surface area contributed by atoms with Crippen molar-refractivity contribution in [2.75, 3.05) is 11.9 Å². The van der Waals surface area contributed by atoms with E-state index in [1.54, 1.807) is 18.2 Å². The molecule has 1 aliphatic heterocycles. The molecule has 3 aromatic rings. The van der Waals surface area contributed by atoms with E-state index in [1.807, 2.05) is 19.1 Å². The van der Waals surface area contributed by atoms with Crippen molar-refractivity contribution in [1.82, 2.24) is 15.2 Å². The molecule has 0 saturated heterocycles. The van der Waals surface area contributed by atoms with Crippen LogP contribution in [0, 0.1) is 0 Å². The van der Waals surface area contributed by atoms with Crippen molar-refractivity contribution < 1.29 is 14.3 Å². The molecule has 1 aromatic heterocycles. The highest BCUT2D eigenvalue weighted by molar-refractivity contribution is 8.00. The molecule has 29 heavy (non-hydrogen) atoms. The maximum absolute atomic E-state index is 12.8. The summed E-state index contributed by atoms with van der Waals surface area (Å²) in [6.07, 6.45) is 0.982. The number of aromatic nitrogens is 3. The van der Waals surface area contributed by atoms with Crippen LogP contribution in [0.4, 0.5) is 5.69 Å². The number of nitrogens with zero attached hydrogens (tertiary/aromatic N) is 2. The molecule has 0 saturated carbocycles. The number of H-pyrrole nitrogens is 1. The maximum atomic E-state index is 12.8. The van der Waals surface area contributed by atoms with Crippen LogP contribution in [-0.4, -0.2) is 38.7 Å². The quantitative estimate of drug-likeness (QED) is 0.477. The van der Waals surface area contributed by atoms with Gasteiger partial charge in [0.25, 0.3) is 5.91 Å². The summed E-state index contributed by atoms with van der Waals surface area (Å²) in [5, 5.41) is 10.0. The number of amides is 1. The van der Waals surface area contributed by atoms with Crippen LogP contribution in [0.15, 0.2) is 47.6 Å². The molecule has 0 fully saturated rings. The molecule has 2 aromatic carbocycles. The number of ketones is 1. The minimum absolute atomic E-state index is 0.0130. The Morgan fingerprint density at radius 3 is 2.79 bits per heavy atom. The van der Waals surface area contributed by atoms with Crippen molar-refractivity contribution in [2.24, 2.45) is 0 Å². The third kappa shape index (κ3) is 4.17. The Labute approximate surface area is 172 Å². The van der Waals surface area contributed by atoms with Gasteiger partial charge in [0.15, 0.2) is 18.2 Å². The topological polar surface area (TPSA) is 97.0 Å². The van der Waals surface area contributed by atoms with Crippen molar-refractivity contribution in [3.63, 3.8) is 0 Å². The van der Waals surface area contributed by atoms with Gasteiger partial charge in [-0.25, -0.2) is 4.98 Å². The zero-order valence-corrected chi connectivity index (χ0v) is 16.9. The smallest absolute Gasteiger partial charge is 0.262 e. The number of carbonyl (C=O) groups is 2. The second-order valence-electron chi connectivity index (χ2n) is 6.69. The second kappa shape index (κ2) is 8.08. The number of aryl methyl sites for hydroxylation is 1. The van der Waals surface area contributed by atoms with Crippen LogP contribution in [-0.2, 0) is 11.2 Å². The number of hydrogen-bond donors (Lipinski definition) is 2. The average Bonchev–Trinajstić information content (AvgIpc) is 3.21. The van der Waals surface area contributed by atoms with Gasteiger partial charge in [0.05, 0.1) is 10.9 Å². The van der Waals surface area contributed by atoms with Crippen LogP contribution in [0.25, 0.3) is 11.4 Å². The zero-order chi connectivity index (χ0) is 20.4. The monoisotopic (exact) mass is 408 g/mol. The Kier molecular flexibility index (Phi) is 5.35. The van der Waals surface area contributed by atoms with Gasteiger partial charge in [-0.05, 0) is 37.1 Å². The number of benzene rings is 2. The molecule has 1 unspecified atom stereocenters. The third-order valence-electron chi connectivity index (χ3n) is 4.65. The molecule has 0 bridgehead atoms. The molecule has 1 amide bonds. The summed E-state index contributed by atoms with van der Waals surface area (Å²) in [5.74, 6) is 0.929. The number of rotatable bonds is 6. The summed E-state index contributed by atoms with van der Waals surface area (Å²) in [5.41, 5.74) is 3.22. The van der Waals surface area contributed by atoms with Crippen LogP contribution in [0.1, 0.15) is 29.8 Å². The lowest BCUT2D eigenvalue weighted by atomic mass is 10.1. The Morgan fingerprint density at radius 1 is 1.24 bits per heavy atom. The normalized spacial score (nSPS) is 13.9. The van der Waals surface area contributed by atoms with Gasteiger partial charge in [-0.15, -0.1) is 5.10 Å². The van der Waals surface area contributed by atoms with Crippen molar-refractivity contribution in [2.45, 2.75) is 30.7 Å². The lowest BCUT2D eigenvalue weighted by Crippen LogP contribution is -2.25. The van der Waals surface area contributed by atoms with E-state index in [0.29, 0.717) is 28.0 Å². The van der Waals surface area contributed by atoms with Crippen LogP contribution in [0.5, 0.6) is 5.75 Å². The summed E-state index contributed by atoms with van der Waals surface area (Å²) >= 11 is 1.29. The number of ether oxygens (including phenoxy) is 1. The van der Waals surface area contributed by atoms with E-state index in [2.05, 4.69) is 39.6 Å². The predicted octanol–water partition coefficient (Wildman–Crippen LogP) is 3.73. The van der Waals surface area contributed by atoms with E-state index in [4.69, 9.17) is 4.74 Å². The molecule has 4 rings (SSSR count). The highest BCUT2D eigenvalue weighted by atomic mass is 32.2. The van der Waals surface area contributed by atoms with Crippen LogP contribution in [0.2, 0.25) is 0 Å². The fourth-order valence-corrected chi connectivity index (χ4v) is 3.81. The van der Waals surface area contributed by atoms with Gasteiger partial charge in [0.1, 0.15) is 5.75 Å². The van der Waals surface area contributed by atoms with Gasteiger partial charge in [0, 0.05) is 11.1 Å². The van der Waals surface area contributed by atoms with E-state index >= 15 is 0 Å². The van der Waals surface area contributed by atoms with Crippen molar-refractivity contribution in [1.29, 1.82) is 0 Å². The summed E-state index contributed by atoms with van der Waals surface area (Å²) in [6, 6.07) is 13.2. The van der Waals surface area contributed by atoms with Gasteiger partial charge < -0.3 is 10.1 Å². The van der Waals surface area contributed by atoms with Gasteiger partial charge in [-0.2, -0.15) is 0 Å². The number of thioether (sulfide) groups is 1. The summed E-state index contributed by atoms with van der Waals surface area (Å²) < 4.78 is 5.33. The highest BCUT2D eigenvalue weighted by Crippen LogP contribution is 2.31. The molecular formula is C21H20N4O3S. The molecule has 2 heterocycles. The first-order chi connectivity index (χ1) is 14.0. The number of nitrogens with one attached hydrogen (secondary N) is 2. The van der Waals surface area contributed by atoms with Crippen LogP contribution < -0.4 is 10.1 Å². The molecule has 0 spiro atoms. The van der Waals surface area contributed by atoms with Crippen molar-refractivity contribution in [3.8, 4) is 17.1 Å². The highest BCUT2D eigenvalue weighted by Gasteiger charge is 2.22. The molecule has 8 heteroatoms. The van der Waals surface area contributed by atoms with Gasteiger partial charge in [0.2, 0.25) is 5.16 Å². The number of fused-ring (bicyclic) bond motifs is 1. The lowest BCUT2D eigenvalue weighted by molar-refractivity contribution is -0.118.